The van der Waals surface area contributed by atoms with Gasteiger partial charge in [0, 0.05) is 5.92 Å². The first kappa shape index (κ1) is 26.5. The number of rotatable bonds is 8. The Morgan fingerprint density at radius 3 is 1.97 bits per heavy atom. The van der Waals surface area contributed by atoms with Crippen molar-refractivity contribution in [3.8, 4) is 0 Å². The molecule has 0 radical (unpaired) electrons. The van der Waals surface area contributed by atoms with Gasteiger partial charge in [-0.3, -0.25) is 9.59 Å². The largest absolute Gasteiger partial charge is 0.462 e. The maximum Gasteiger partial charge on any atom is 0.311 e. The van der Waals surface area contributed by atoms with Crippen molar-refractivity contribution in [2.24, 2.45) is 57.7 Å². The number of hydrogen-bond donors (Lipinski definition) is 0. The van der Waals surface area contributed by atoms with Gasteiger partial charge >= 0.3 is 11.9 Å². The number of carbonyl (C=O) groups excluding carboxylic acids is 2. The Morgan fingerprint density at radius 2 is 1.44 bits per heavy atom. The van der Waals surface area contributed by atoms with Crippen molar-refractivity contribution in [3.05, 3.63) is 0 Å². The first-order valence-corrected chi connectivity index (χ1v) is 14.8. The molecule has 6 saturated carbocycles. The second kappa shape index (κ2) is 9.58. The van der Waals surface area contributed by atoms with Crippen molar-refractivity contribution in [1.29, 1.82) is 0 Å². The molecule has 6 aliphatic carbocycles. The molecule has 0 aromatic carbocycles. The molecule has 0 amide bonds. The first-order chi connectivity index (χ1) is 16.8. The number of fused-ring (bicyclic) bond motifs is 2. The van der Waals surface area contributed by atoms with Gasteiger partial charge in [-0.15, -0.1) is 0 Å². The van der Waals surface area contributed by atoms with Gasteiger partial charge in [0.1, 0.15) is 6.10 Å². The molecule has 0 heterocycles. The third-order valence-corrected chi connectivity index (χ3v) is 10.3. The monoisotopic (exact) mass is 502 g/mol. The Hall–Kier alpha value is -1.10. The van der Waals surface area contributed by atoms with Crippen molar-refractivity contribution in [2.75, 3.05) is 13.4 Å². The average molecular weight is 503 g/mol. The highest BCUT2D eigenvalue weighted by molar-refractivity contribution is 5.75. The van der Waals surface area contributed by atoms with Gasteiger partial charge in [-0.05, 0) is 104 Å². The molecule has 0 spiro atoms. The highest BCUT2D eigenvalue weighted by Gasteiger charge is 2.53. The van der Waals surface area contributed by atoms with Crippen molar-refractivity contribution in [1.82, 2.24) is 0 Å². The summed E-state index contributed by atoms with van der Waals surface area (Å²) in [6, 6.07) is 0. The Morgan fingerprint density at radius 1 is 0.833 bits per heavy atom. The molecule has 6 aliphatic rings. The van der Waals surface area contributed by atoms with Crippen LogP contribution in [0, 0.1) is 57.7 Å². The summed E-state index contributed by atoms with van der Waals surface area (Å²) in [5.74, 6) is 2.67. The van der Waals surface area contributed by atoms with E-state index in [9.17, 15) is 9.59 Å². The highest BCUT2D eigenvalue weighted by Crippen LogP contribution is 2.60. The molecular weight excluding hydrogens is 452 g/mol. The van der Waals surface area contributed by atoms with Gasteiger partial charge < -0.3 is 14.2 Å². The van der Waals surface area contributed by atoms with Gasteiger partial charge in [-0.1, -0.05) is 41.5 Å². The summed E-state index contributed by atoms with van der Waals surface area (Å²) in [5, 5.41) is 0. The van der Waals surface area contributed by atoms with Gasteiger partial charge in [0.25, 0.3) is 0 Å². The minimum Gasteiger partial charge on any atom is -0.462 e. The molecule has 5 atom stereocenters. The predicted octanol–water partition coefficient (Wildman–Crippen LogP) is 6.78. The zero-order chi connectivity index (χ0) is 25.9. The zero-order valence-electron chi connectivity index (χ0n) is 23.6. The molecule has 5 nitrogen and oxygen atoms in total. The van der Waals surface area contributed by atoms with Crippen LogP contribution < -0.4 is 0 Å². The van der Waals surface area contributed by atoms with E-state index in [-0.39, 0.29) is 53.4 Å². The summed E-state index contributed by atoms with van der Waals surface area (Å²) in [4.78, 5) is 26.3. The van der Waals surface area contributed by atoms with Gasteiger partial charge in [0.05, 0.1) is 18.4 Å². The molecule has 6 fully saturated rings. The van der Waals surface area contributed by atoms with E-state index in [2.05, 4.69) is 41.5 Å². The van der Waals surface area contributed by atoms with E-state index < -0.39 is 0 Å². The van der Waals surface area contributed by atoms with Gasteiger partial charge in [0.15, 0.2) is 6.79 Å². The van der Waals surface area contributed by atoms with Gasteiger partial charge in [-0.2, -0.15) is 0 Å². The lowest BCUT2D eigenvalue weighted by atomic mass is 9.50. The summed E-state index contributed by atoms with van der Waals surface area (Å²) in [6.07, 6.45) is 11.5. The fourth-order valence-corrected chi connectivity index (χ4v) is 9.21. The fraction of sp³-hybridized carbons (Fsp3) is 0.935. The lowest BCUT2D eigenvalue weighted by Crippen LogP contribution is -2.48. The molecule has 5 unspecified atom stereocenters. The lowest BCUT2D eigenvalue weighted by Gasteiger charge is -2.56. The number of esters is 2. The minimum atomic E-state index is -0.166. The Kier molecular flexibility index (Phi) is 7.05. The molecule has 0 saturated heterocycles. The van der Waals surface area contributed by atoms with Gasteiger partial charge in [-0.25, -0.2) is 0 Å². The van der Waals surface area contributed by atoms with Crippen LogP contribution in [-0.4, -0.2) is 31.4 Å². The van der Waals surface area contributed by atoms with Crippen molar-refractivity contribution >= 4 is 11.9 Å². The second-order valence-corrected chi connectivity index (χ2v) is 15.8. The minimum absolute atomic E-state index is 0.0498. The summed E-state index contributed by atoms with van der Waals surface area (Å²) in [6.45, 7) is 13.7. The van der Waals surface area contributed by atoms with E-state index in [0.717, 1.165) is 50.0 Å². The summed E-state index contributed by atoms with van der Waals surface area (Å²) < 4.78 is 17.8. The number of hydrogen-bond acceptors (Lipinski definition) is 5. The van der Waals surface area contributed by atoms with Crippen LogP contribution in [0.25, 0.3) is 0 Å². The maximum atomic E-state index is 13.3. The van der Waals surface area contributed by atoms with E-state index in [1.54, 1.807) is 0 Å². The topological polar surface area (TPSA) is 61.8 Å². The molecule has 5 heteroatoms. The van der Waals surface area contributed by atoms with Crippen LogP contribution in [0.15, 0.2) is 0 Å². The Bertz CT molecular complexity index is 798. The molecule has 0 aromatic heterocycles. The van der Waals surface area contributed by atoms with Crippen LogP contribution in [0.5, 0.6) is 0 Å². The Labute approximate surface area is 218 Å². The van der Waals surface area contributed by atoms with Crippen molar-refractivity contribution in [3.63, 3.8) is 0 Å². The van der Waals surface area contributed by atoms with Crippen LogP contribution >= 0.6 is 0 Å². The van der Waals surface area contributed by atoms with Gasteiger partial charge in [0.2, 0.25) is 0 Å². The summed E-state index contributed by atoms with van der Waals surface area (Å²) >= 11 is 0. The van der Waals surface area contributed by atoms with E-state index in [4.69, 9.17) is 14.2 Å². The third kappa shape index (κ3) is 5.66. The summed E-state index contributed by atoms with van der Waals surface area (Å²) in [5.41, 5.74) is 0.228. The molecule has 6 rings (SSSR count). The SMILES string of the molecule is CC(C)(C)CC(C(=O)OC1CC2CC(C(=O)OCOCC34CC5CC(CC(C5)C3)C4)C1C2)C(C)(C)C. The fourth-order valence-electron chi connectivity index (χ4n) is 9.21. The van der Waals surface area contributed by atoms with E-state index in [0.29, 0.717) is 11.3 Å². The Balaban J connectivity index is 1.10. The van der Waals surface area contributed by atoms with Crippen LogP contribution in [0.4, 0.5) is 0 Å². The molecule has 0 N–H and O–H groups in total. The number of carbonyl (C=O) groups is 2. The van der Waals surface area contributed by atoms with Crippen LogP contribution in [-0.2, 0) is 23.8 Å². The second-order valence-electron chi connectivity index (χ2n) is 15.8. The quantitative estimate of drug-likeness (QED) is 0.208. The standard InChI is InChI=1S/C31H50O5/c1-29(2,3)16-25(30(4,5)6)28(33)36-26-12-19-10-23(26)24(11-19)27(32)35-18-34-17-31-13-20-7-21(14-31)9-22(8-20)15-31/h19-26H,7-18H2,1-6H3. The average Bonchev–Trinajstić information content (AvgIpc) is 3.33. The highest BCUT2D eigenvalue weighted by atomic mass is 16.7. The molecule has 0 aromatic rings. The van der Waals surface area contributed by atoms with E-state index in [1.165, 1.54) is 38.5 Å². The normalized spacial score (nSPS) is 39.9. The molecule has 6 bridgehead atoms. The van der Waals surface area contributed by atoms with E-state index >= 15 is 0 Å². The lowest BCUT2D eigenvalue weighted by molar-refractivity contribution is -0.177. The van der Waals surface area contributed by atoms with Crippen LogP contribution in [0.3, 0.4) is 0 Å². The van der Waals surface area contributed by atoms with Crippen molar-refractivity contribution in [2.45, 2.75) is 112 Å². The van der Waals surface area contributed by atoms with Crippen LogP contribution in [0.2, 0.25) is 0 Å². The zero-order valence-corrected chi connectivity index (χ0v) is 23.6. The van der Waals surface area contributed by atoms with Crippen molar-refractivity contribution < 1.29 is 23.8 Å². The smallest absolute Gasteiger partial charge is 0.311 e. The maximum absolute atomic E-state index is 13.3. The molecule has 36 heavy (non-hydrogen) atoms. The molecule has 0 aliphatic heterocycles. The summed E-state index contributed by atoms with van der Waals surface area (Å²) in [7, 11) is 0. The molecular formula is C31H50O5. The third-order valence-electron chi connectivity index (χ3n) is 10.3. The predicted molar refractivity (Wildman–Crippen MR) is 139 cm³/mol. The van der Waals surface area contributed by atoms with Crippen LogP contribution in [0.1, 0.15) is 106 Å². The van der Waals surface area contributed by atoms with E-state index in [1.807, 2.05) is 0 Å². The molecule has 204 valence electrons. The first-order valence-electron chi connectivity index (χ1n) is 14.8. The number of ether oxygens (including phenoxy) is 3.